The van der Waals surface area contributed by atoms with E-state index in [1.54, 1.807) is 23.9 Å². The van der Waals surface area contributed by atoms with E-state index >= 15 is 0 Å². The molecule has 0 aromatic carbocycles. The summed E-state index contributed by atoms with van der Waals surface area (Å²) in [7, 11) is 1.72. The van der Waals surface area contributed by atoms with Crippen molar-refractivity contribution < 1.29 is 19.4 Å². The lowest BCUT2D eigenvalue weighted by molar-refractivity contribution is -0.144. The van der Waals surface area contributed by atoms with Gasteiger partial charge in [0.15, 0.2) is 0 Å². The molecule has 1 unspecified atom stereocenters. The molecule has 0 aliphatic carbocycles. The third kappa shape index (κ3) is 3.98. The average Bonchev–Trinajstić information content (AvgIpc) is 2.78. The van der Waals surface area contributed by atoms with E-state index in [1.807, 2.05) is 0 Å². The van der Waals surface area contributed by atoms with Crippen LogP contribution < -0.4 is 5.32 Å². The van der Waals surface area contributed by atoms with Crippen molar-refractivity contribution in [3.63, 3.8) is 0 Å². The first-order valence-electron chi connectivity index (χ1n) is 6.89. The highest BCUT2D eigenvalue weighted by Gasteiger charge is 2.30. The predicted octanol–water partition coefficient (Wildman–Crippen LogP) is 1.54. The van der Waals surface area contributed by atoms with E-state index in [4.69, 9.17) is 16.3 Å². The lowest BCUT2D eigenvalue weighted by Gasteiger charge is -2.27. The summed E-state index contributed by atoms with van der Waals surface area (Å²) in [6.07, 6.45) is 3.05. The van der Waals surface area contributed by atoms with E-state index in [2.05, 4.69) is 5.32 Å². The molecule has 1 aromatic heterocycles. The van der Waals surface area contributed by atoms with E-state index in [0.717, 1.165) is 0 Å². The smallest absolute Gasteiger partial charge is 0.308 e. The Labute approximate surface area is 128 Å². The molecule has 0 bridgehead atoms. The first-order chi connectivity index (χ1) is 9.99. The molecule has 1 saturated heterocycles. The van der Waals surface area contributed by atoms with Gasteiger partial charge in [-0.3, -0.25) is 9.59 Å². The highest BCUT2D eigenvalue weighted by Crippen LogP contribution is 2.24. The highest BCUT2D eigenvalue weighted by molar-refractivity contribution is 6.31. The number of carboxylic acid groups (broad SMARTS) is 1. The molecule has 6 nitrogen and oxygen atoms in total. The molecule has 0 radical (unpaired) electrons. The van der Waals surface area contributed by atoms with Crippen molar-refractivity contribution in [2.45, 2.75) is 12.8 Å². The molecule has 1 aliphatic heterocycles. The molecule has 0 saturated carbocycles. The summed E-state index contributed by atoms with van der Waals surface area (Å²) < 4.78 is 6.86. The van der Waals surface area contributed by atoms with Gasteiger partial charge in [-0.25, -0.2) is 0 Å². The van der Waals surface area contributed by atoms with Crippen LogP contribution in [0.2, 0.25) is 5.02 Å². The zero-order valence-corrected chi connectivity index (χ0v) is 12.6. The van der Waals surface area contributed by atoms with Crippen LogP contribution in [0.3, 0.4) is 0 Å². The van der Waals surface area contributed by atoms with Crippen LogP contribution >= 0.6 is 11.6 Å². The fraction of sp³-hybridized carbons (Fsp3) is 0.571. The van der Waals surface area contributed by atoms with Crippen molar-refractivity contribution in [2.75, 3.05) is 19.8 Å². The second-order valence-electron chi connectivity index (χ2n) is 5.26. The Morgan fingerprint density at radius 3 is 2.71 bits per heavy atom. The van der Waals surface area contributed by atoms with Gasteiger partial charge in [0.2, 0.25) is 0 Å². The highest BCUT2D eigenvalue weighted by atomic mass is 35.5. The summed E-state index contributed by atoms with van der Waals surface area (Å²) in [5.74, 6) is -1.75. The van der Waals surface area contributed by atoms with E-state index in [0.29, 0.717) is 36.8 Å². The predicted molar refractivity (Wildman–Crippen MR) is 77.4 cm³/mol. The number of nitrogens with zero attached hydrogens (tertiary/aromatic N) is 1. The summed E-state index contributed by atoms with van der Waals surface area (Å²) in [6.45, 7) is 1.27. The van der Waals surface area contributed by atoms with Crippen molar-refractivity contribution in [3.05, 3.63) is 23.0 Å². The number of hydrogen-bond donors (Lipinski definition) is 2. The van der Waals surface area contributed by atoms with Gasteiger partial charge in [-0.1, -0.05) is 11.6 Å². The normalized spacial score (nSPS) is 17.4. The van der Waals surface area contributed by atoms with Crippen LogP contribution in [-0.4, -0.2) is 41.3 Å². The van der Waals surface area contributed by atoms with E-state index < -0.39 is 11.9 Å². The van der Waals surface area contributed by atoms with Crippen LogP contribution in [0.4, 0.5) is 0 Å². The van der Waals surface area contributed by atoms with Crippen LogP contribution in [0.25, 0.3) is 0 Å². The lowest BCUT2D eigenvalue weighted by atomic mass is 9.86. The maximum atomic E-state index is 12.1. The van der Waals surface area contributed by atoms with Crippen LogP contribution in [0.5, 0.6) is 0 Å². The zero-order chi connectivity index (χ0) is 15.4. The second kappa shape index (κ2) is 6.95. The molecule has 1 atom stereocenters. The molecular formula is C14H19ClN2O4. The summed E-state index contributed by atoms with van der Waals surface area (Å²) in [4.78, 5) is 23.5. The number of carbonyl (C=O) groups excluding carboxylic acids is 1. The molecule has 21 heavy (non-hydrogen) atoms. The van der Waals surface area contributed by atoms with Crippen LogP contribution in [0.15, 0.2) is 12.3 Å². The minimum atomic E-state index is -0.882. The number of halogens is 1. The number of ether oxygens (including phenoxy) is 1. The SMILES string of the molecule is Cn1cc(Cl)cc1C(=O)NCC(C(=O)O)C1CCOCC1. The molecule has 1 amide bonds. The minimum absolute atomic E-state index is 0.0357. The summed E-state index contributed by atoms with van der Waals surface area (Å²) in [5, 5.41) is 12.5. The fourth-order valence-corrected chi connectivity index (χ4v) is 2.87. The van der Waals surface area contributed by atoms with Gasteiger partial charge in [-0.2, -0.15) is 0 Å². The van der Waals surface area contributed by atoms with E-state index in [-0.39, 0.29) is 18.4 Å². The summed E-state index contributed by atoms with van der Waals surface area (Å²) >= 11 is 5.84. The van der Waals surface area contributed by atoms with E-state index in [9.17, 15) is 14.7 Å². The van der Waals surface area contributed by atoms with Crippen LogP contribution in [0.1, 0.15) is 23.3 Å². The molecule has 2 heterocycles. The van der Waals surface area contributed by atoms with Gasteiger partial charge in [0.1, 0.15) is 5.69 Å². The van der Waals surface area contributed by atoms with Gasteiger partial charge in [0.25, 0.3) is 5.91 Å². The minimum Gasteiger partial charge on any atom is -0.481 e. The summed E-state index contributed by atoms with van der Waals surface area (Å²) in [5.41, 5.74) is 0.413. The van der Waals surface area contributed by atoms with Gasteiger partial charge in [0, 0.05) is 33.0 Å². The Bertz CT molecular complexity index is 523. The number of aromatic nitrogens is 1. The van der Waals surface area contributed by atoms with Gasteiger partial charge >= 0.3 is 5.97 Å². The Morgan fingerprint density at radius 1 is 1.52 bits per heavy atom. The van der Waals surface area contributed by atoms with Crippen molar-refractivity contribution in [1.29, 1.82) is 0 Å². The number of hydrogen-bond acceptors (Lipinski definition) is 3. The van der Waals surface area contributed by atoms with E-state index in [1.165, 1.54) is 0 Å². The Kier molecular flexibility index (Phi) is 5.25. The number of amides is 1. The maximum Gasteiger partial charge on any atom is 0.308 e. The molecule has 1 fully saturated rings. The Hall–Kier alpha value is -1.53. The first kappa shape index (κ1) is 15.9. The molecule has 7 heteroatoms. The number of nitrogens with one attached hydrogen (secondary N) is 1. The largest absolute Gasteiger partial charge is 0.481 e. The number of carboxylic acids is 1. The average molecular weight is 315 g/mol. The Morgan fingerprint density at radius 2 is 2.19 bits per heavy atom. The number of carbonyl (C=O) groups is 2. The summed E-state index contributed by atoms with van der Waals surface area (Å²) in [6, 6.07) is 1.56. The van der Waals surface area contributed by atoms with Crippen LogP contribution in [-0.2, 0) is 16.6 Å². The molecule has 116 valence electrons. The van der Waals surface area contributed by atoms with Gasteiger partial charge in [0.05, 0.1) is 10.9 Å². The molecular weight excluding hydrogens is 296 g/mol. The zero-order valence-electron chi connectivity index (χ0n) is 11.8. The van der Waals surface area contributed by atoms with Gasteiger partial charge in [-0.15, -0.1) is 0 Å². The molecule has 0 spiro atoms. The fourth-order valence-electron chi connectivity index (χ4n) is 2.62. The topological polar surface area (TPSA) is 80.6 Å². The molecule has 1 aromatic rings. The third-order valence-corrected chi connectivity index (χ3v) is 4.05. The van der Waals surface area contributed by atoms with Crippen LogP contribution in [0, 0.1) is 11.8 Å². The first-order valence-corrected chi connectivity index (χ1v) is 7.27. The lowest BCUT2D eigenvalue weighted by Crippen LogP contribution is -2.39. The Balaban J connectivity index is 1.96. The standard InChI is InChI=1S/C14H19ClN2O4/c1-17-8-10(15)6-12(17)13(18)16-7-11(14(19)20)9-2-4-21-5-3-9/h6,8-9,11H,2-5,7H2,1H3,(H,16,18)(H,19,20). The van der Waals surface area contributed by atoms with Crippen molar-refractivity contribution in [1.82, 2.24) is 9.88 Å². The number of rotatable bonds is 5. The second-order valence-corrected chi connectivity index (χ2v) is 5.70. The number of aryl methyl sites for hydroxylation is 1. The quantitative estimate of drug-likeness (QED) is 0.864. The molecule has 2 N–H and O–H groups in total. The van der Waals surface area contributed by atoms with Gasteiger partial charge in [-0.05, 0) is 24.8 Å². The van der Waals surface area contributed by atoms with Crippen molar-refractivity contribution >= 4 is 23.5 Å². The molecule has 2 rings (SSSR count). The third-order valence-electron chi connectivity index (χ3n) is 3.84. The molecule has 1 aliphatic rings. The van der Waals surface area contributed by atoms with Gasteiger partial charge < -0.3 is 19.7 Å². The maximum absolute atomic E-state index is 12.1. The monoisotopic (exact) mass is 314 g/mol. The van der Waals surface area contributed by atoms with Crippen molar-refractivity contribution in [2.24, 2.45) is 18.9 Å². The number of aliphatic carboxylic acids is 1. The van der Waals surface area contributed by atoms with Crippen molar-refractivity contribution in [3.8, 4) is 0 Å².